The lowest BCUT2D eigenvalue weighted by molar-refractivity contribution is -0.143. The number of hydrogen-bond acceptors (Lipinski definition) is 3. The third-order valence-electron chi connectivity index (χ3n) is 3.49. The fourth-order valence-electron chi connectivity index (χ4n) is 2.66. The lowest BCUT2D eigenvalue weighted by atomic mass is 9.88. The topological polar surface area (TPSA) is 32.7 Å². The van der Waals surface area contributed by atoms with Crippen molar-refractivity contribution in [3.63, 3.8) is 0 Å². The maximum Gasteiger partial charge on any atom is 0.104 e. The fraction of sp³-hybridized carbons (Fsp3) is 0.250. The minimum Gasteiger partial charge on any atom is -0.264 e. The Labute approximate surface area is 121 Å². The molecule has 1 atom stereocenters. The van der Waals surface area contributed by atoms with E-state index in [1.807, 2.05) is 49.4 Å². The zero-order valence-corrected chi connectivity index (χ0v) is 11.5. The van der Waals surface area contributed by atoms with Crippen LogP contribution in [0.1, 0.15) is 18.1 Å². The van der Waals surface area contributed by atoms with Gasteiger partial charge in [-0.1, -0.05) is 48.5 Å². The van der Waals surface area contributed by atoms with E-state index < -0.39 is 5.60 Å². The Kier molecular flexibility index (Phi) is 4.16. The molecule has 2 aromatic rings. The van der Waals surface area contributed by atoms with Gasteiger partial charge in [-0.3, -0.25) is 5.21 Å². The van der Waals surface area contributed by atoms with Crippen LogP contribution in [-0.2, 0) is 17.7 Å². The molecule has 3 nitrogen and oxygen atoms in total. The first-order valence-corrected chi connectivity index (χ1v) is 6.46. The van der Waals surface area contributed by atoms with Gasteiger partial charge in [0.15, 0.2) is 0 Å². The van der Waals surface area contributed by atoms with Gasteiger partial charge in [-0.2, -0.15) is 0 Å². The molecule has 1 unspecified atom stereocenters. The molecule has 1 aliphatic rings. The maximum absolute atomic E-state index is 9.99. The van der Waals surface area contributed by atoms with Gasteiger partial charge in [-0.25, -0.2) is 4.84 Å². The van der Waals surface area contributed by atoms with Crippen LogP contribution in [0, 0.1) is 0 Å². The molecule has 101 valence electrons. The van der Waals surface area contributed by atoms with Gasteiger partial charge in [0.05, 0.1) is 5.69 Å². The van der Waals surface area contributed by atoms with Crippen molar-refractivity contribution in [1.82, 2.24) is 0 Å². The molecule has 0 aromatic heterocycles. The molecular weight excluding hydrogens is 249 g/mol. The van der Waals surface area contributed by atoms with Crippen molar-refractivity contribution in [3.8, 4) is 0 Å². The molecule has 0 fully saturated rings. The van der Waals surface area contributed by atoms with Gasteiger partial charge in [-0.05, 0) is 24.1 Å². The third kappa shape index (κ3) is 2.87. The number of hydrogen-bond donors (Lipinski definition) is 1. The van der Waals surface area contributed by atoms with E-state index in [9.17, 15) is 5.21 Å². The Morgan fingerprint density at radius 3 is 2.50 bits per heavy atom. The van der Waals surface area contributed by atoms with Crippen LogP contribution in [0.5, 0.6) is 0 Å². The number of fused-ring (bicyclic) bond motifs is 1. The van der Waals surface area contributed by atoms with Crippen molar-refractivity contribution >= 4 is 14.1 Å². The summed E-state index contributed by atoms with van der Waals surface area (Å²) in [7, 11) is 0. The van der Waals surface area contributed by atoms with E-state index >= 15 is 0 Å². The first kappa shape index (κ1) is 14.6. The molecule has 20 heavy (non-hydrogen) atoms. The first-order valence-electron chi connectivity index (χ1n) is 6.46. The number of benzene rings is 2. The van der Waals surface area contributed by atoms with Gasteiger partial charge in [0, 0.05) is 21.3 Å². The maximum atomic E-state index is 9.99. The van der Waals surface area contributed by atoms with E-state index in [0.717, 1.165) is 29.3 Å². The van der Waals surface area contributed by atoms with Crippen molar-refractivity contribution in [2.75, 3.05) is 5.23 Å². The second-order valence-corrected chi connectivity index (χ2v) is 5.28. The van der Waals surface area contributed by atoms with Crippen LogP contribution in [0.15, 0.2) is 54.6 Å². The van der Waals surface area contributed by atoms with Crippen LogP contribution in [-0.4, -0.2) is 19.2 Å². The van der Waals surface area contributed by atoms with Crippen molar-refractivity contribution in [3.05, 3.63) is 65.7 Å². The normalized spacial score (nSPS) is 21.0. The Morgan fingerprint density at radius 1 is 1.10 bits per heavy atom. The average molecular weight is 266 g/mol. The van der Waals surface area contributed by atoms with E-state index in [1.165, 1.54) is 5.56 Å². The largest absolute Gasteiger partial charge is 0.264 e. The zero-order valence-electron chi connectivity index (χ0n) is 11.5. The monoisotopic (exact) mass is 266 g/mol. The van der Waals surface area contributed by atoms with Crippen molar-refractivity contribution in [1.29, 1.82) is 0 Å². The highest BCUT2D eigenvalue weighted by molar-refractivity contribution is 5.75. The van der Waals surface area contributed by atoms with Gasteiger partial charge >= 0.3 is 0 Å². The number of anilines is 1. The molecule has 1 N–H and O–H groups in total. The Bertz CT molecular complexity index is 576. The van der Waals surface area contributed by atoms with E-state index in [-0.39, 0.29) is 8.41 Å². The Hall–Kier alpha value is -1.78. The molecule has 0 bridgehead atoms. The number of nitrogens with zero attached hydrogens (tertiary/aromatic N) is 1. The molecule has 2 aromatic carbocycles. The molecule has 1 aliphatic heterocycles. The summed E-state index contributed by atoms with van der Waals surface area (Å²) in [6, 6.07) is 18.0. The highest BCUT2D eigenvalue weighted by Crippen LogP contribution is 2.34. The van der Waals surface area contributed by atoms with Crippen LogP contribution in [0.4, 0.5) is 5.69 Å². The van der Waals surface area contributed by atoms with Crippen molar-refractivity contribution in [2.45, 2.75) is 25.4 Å². The predicted molar refractivity (Wildman–Crippen MR) is 79.8 cm³/mol. The molecule has 1 heterocycles. The van der Waals surface area contributed by atoms with E-state index in [4.69, 9.17) is 4.84 Å². The summed E-state index contributed by atoms with van der Waals surface area (Å²) < 4.78 is 0. The minimum absolute atomic E-state index is 0. The lowest BCUT2D eigenvalue weighted by Crippen LogP contribution is -2.44. The molecule has 3 radical (unpaired) electrons. The standard InChI is InChI=1S/C16H17NO2.B/c1-16(11-13-7-3-2-4-8-13)12-14-9-5-6-10-15(14)17(18)19-16;/h2-10,18H,11-12H2,1H3;. The van der Waals surface area contributed by atoms with Crippen LogP contribution in [0.25, 0.3) is 0 Å². The van der Waals surface area contributed by atoms with Gasteiger partial charge in [0.1, 0.15) is 5.60 Å². The van der Waals surface area contributed by atoms with Crippen LogP contribution >= 0.6 is 0 Å². The molecule has 0 saturated heterocycles. The van der Waals surface area contributed by atoms with Crippen LogP contribution in [0.2, 0.25) is 0 Å². The second kappa shape index (κ2) is 5.69. The molecular formula is C16H17BNO2. The Morgan fingerprint density at radius 2 is 1.75 bits per heavy atom. The average Bonchev–Trinajstić information content (AvgIpc) is 2.39. The van der Waals surface area contributed by atoms with Gasteiger partial charge in [0.2, 0.25) is 0 Å². The predicted octanol–water partition coefficient (Wildman–Crippen LogP) is 2.99. The third-order valence-corrected chi connectivity index (χ3v) is 3.49. The highest BCUT2D eigenvalue weighted by atomic mass is 16.9. The molecule has 0 saturated carbocycles. The van der Waals surface area contributed by atoms with Gasteiger partial charge in [-0.15, -0.1) is 5.23 Å². The van der Waals surface area contributed by atoms with E-state index in [0.29, 0.717) is 0 Å². The summed E-state index contributed by atoms with van der Waals surface area (Å²) >= 11 is 0. The van der Waals surface area contributed by atoms with Crippen LogP contribution < -0.4 is 5.23 Å². The molecule has 0 amide bonds. The smallest absolute Gasteiger partial charge is 0.104 e. The zero-order chi connectivity index (χ0) is 13.3. The quantitative estimate of drug-likeness (QED) is 0.848. The SMILES string of the molecule is CC1(Cc2ccccc2)Cc2ccccc2N(O)O1.[B]. The highest BCUT2D eigenvalue weighted by Gasteiger charge is 2.35. The van der Waals surface area contributed by atoms with E-state index in [2.05, 4.69) is 12.1 Å². The van der Waals surface area contributed by atoms with Crippen molar-refractivity contribution in [2.24, 2.45) is 0 Å². The molecule has 4 heteroatoms. The Balaban J connectivity index is 0.00000147. The lowest BCUT2D eigenvalue weighted by Gasteiger charge is -2.38. The minimum atomic E-state index is -0.426. The van der Waals surface area contributed by atoms with E-state index in [1.54, 1.807) is 0 Å². The van der Waals surface area contributed by atoms with Gasteiger partial charge < -0.3 is 0 Å². The number of para-hydroxylation sites is 1. The second-order valence-electron chi connectivity index (χ2n) is 5.28. The first-order chi connectivity index (χ1) is 9.16. The fourth-order valence-corrected chi connectivity index (χ4v) is 2.66. The summed E-state index contributed by atoms with van der Waals surface area (Å²) in [6.07, 6.45) is 1.55. The summed E-state index contributed by atoms with van der Waals surface area (Å²) in [4.78, 5) is 5.69. The molecule has 0 spiro atoms. The molecule has 3 rings (SSSR count). The van der Waals surface area contributed by atoms with Crippen molar-refractivity contribution < 1.29 is 10.0 Å². The summed E-state index contributed by atoms with van der Waals surface area (Å²) in [5.41, 5.74) is 2.62. The number of rotatable bonds is 2. The summed E-state index contributed by atoms with van der Waals surface area (Å²) in [5.74, 6) is 0. The van der Waals surface area contributed by atoms with Gasteiger partial charge in [0.25, 0.3) is 0 Å². The summed E-state index contributed by atoms with van der Waals surface area (Å²) in [5, 5.41) is 10.9. The van der Waals surface area contributed by atoms with Crippen LogP contribution in [0.3, 0.4) is 0 Å². The molecule has 0 aliphatic carbocycles. The summed E-state index contributed by atoms with van der Waals surface area (Å²) in [6.45, 7) is 2.03.